The maximum absolute atomic E-state index is 13.4. The maximum Gasteiger partial charge on any atom is 0.322 e. The Balaban J connectivity index is 2.28. The van der Waals surface area contributed by atoms with Gasteiger partial charge in [0.25, 0.3) is 0 Å². The molecule has 164 valence electrons. The van der Waals surface area contributed by atoms with Crippen LogP contribution in [0.4, 0.5) is 14.9 Å². The first-order valence-corrected chi connectivity index (χ1v) is 11.3. The number of rotatable bonds is 8. The number of nitrogens with one attached hydrogen (secondary N) is 1. The minimum Gasteiger partial charge on any atom is -0.493 e. The average Bonchev–Trinajstić information content (AvgIpc) is 2.67. The van der Waals surface area contributed by atoms with Crippen molar-refractivity contribution in [2.24, 2.45) is 0 Å². The van der Waals surface area contributed by atoms with Crippen molar-refractivity contribution in [3.8, 4) is 11.5 Å². The molecule has 1 N–H and O–H groups in total. The van der Waals surface area contributed by atoms with Gasteiger partial charge in [-0.05, 0) is 49.2 Å². The van der Waals surface area contributed by atoms with Gasteiger partial charge < -0.3 is 19.1 Å². The third-order valence-electron chi connectivity index (χ3n) is 4.38. The molecular formula is C20H24ClFN2O5S. The molecular weight excluding hydrogens is 435 g/mol. The quantitative estimate of drug-likeness (QED) is 0.581. The lowest BCUT2D eigenvalue weighted by Gasteiger charge is -2.29. The molecule has 0 saturated heterocycles. The monoisotopic (exact) mass is 458 g/mol. The third kappa shape index (κ3) is 6.50. The SMILES string of the molecule is CCC(C)N(Cc1ccc(OC)c(OS(C)(=O)=O)c1)C(=O)Nc1ccc(F)c(Cl)c1. The van der Waals surface area contributed by atoms with E-state index in [4.69, 9.17) is 20.5 Å². The number of nitrogens with zero attached hydrogens (tertiary/aromatic N) is 1. The standard InChI is InChI=1S/C20H24ClFN2O5S/c1-5-13(2)24(20(25)23-15-7-8-17(22)16(21)11-15)12-14-6-9-18(28-3)19(10-14)29-30(4,26)27/h6-11,13H,5,12H2,1-4H3,(H,23,25). The zero-order valence-corrected chi connectivity index (χ0v) is 18.7. The average molecular weight is 459 g/mol. The Morgan fingerprint density at radius 2 is 1.93 bits per heavy atom. The molecule has 10 heteroatoms. The van der Waals surface area contributed by atoms with E-state index in [1.54, 1.807) is 17.0 Å². The summed E-state index contributed by atoms with van der Waals surface area (Å²) >= 11 is 5.78. The van der Waals surface area contributed by atoms with Crippen molar-refractivity contribution in [3.63, 3.8) is 0 Å². The second kappa shape index (κ2) is 9.99. The molecule has 0 bridgehead atoms. The van der Waals surface area contributed by atoms with E-state index in [2.05, 4.69) is 5.32 Å². The van der Waals surface area contributed by atoms with Gasteiger partial charge in [-0.3, -0.25) is 0 Å². The van der Waals surface area contributed by atoms with Crippen LogP contribution in [0.15, 0.2) is 36.4 Å². The number of hydrogen-bond acceptors (Lipinski definition) is 5. The summed E-state index contributed by atoms with van der Waals surface area (Å²) in [6, 6.07) is 8.17. The van der Waals surface area contributed by atoms with Gasteiger partial charge in [0.05, 0.1) is 18.4 Å². The number of anilines is 1. The number of hydrogen-bond donors (Lipinski definition) is 1. The van der Waals surface area contributed by atoms with E-state index in [9.17, 15) is 17.6 Å². The van der Waals surface area contributed by atoms with Crippen molar-refractivity contribution in [1.29, 1.82) is 0 Å². The molecule has 2 aromatic carbocycles. The number of ether oxygens (including phenoxy) is 1. The fourth-order valence-corrected chi connectivity index (χ4v) is 3.30. The summed E-state index contributed by atoms with van der Waals surface area (Å²) in [5.74, 6) is -0.290. The molecule has 2 rings (SSSR count). The Morgan fingerprint density at radius 3 is 2.50 bits per heavy atom. The molecule has 0 aromatic heterocycles. The number of carbonyl (C=O) groups excluding carboxylic acids is 1. The first kappa shape index (κ1) is 23.8. The predicted octanol–water partition coefficient (Wildman–Crippen LogP) is 4.66. The van der Waals surface area contributed by atoms with Gasteiger partial charge in [-0.15, -0.1) is 0 Å². The van der Waals surface area contributed by atoms with Crippen LogP contribution in [0.25, 0.3) is 0 Å². The van der Waals surface area contributed by atoms with E-state index in [0.29, 0.717) is 17.7 Å². The fraction of sp³-hybridized carbons (Fsp3) is 0.350. The zero-order chi connectivity index (χ0) is 22.5. The van der Waals surface area contributed by atoms with Crippen LogP contribution in [0.5, 0.6) is 11.5 Å². The second-order valence-corrected chi connectivity index (χ2v) is 8.70. The molecule has 2 amide bonds. The number of benzene rings is 2. The lowest BCUT2D eigenvalue weighted by Crippen LogP contribution is -2.40. The Morgan fingerprint density at radius 1 is 1.23 bits per heavy atom. The fourth-order valence-electron chi connectivity index (χ4n) is 2.66. The van der Waals surface area contributed by atoms with Crippen molar-refractivity contribution in [2.45, 2.75) is 32.9 Å². The Bertz CT molecular complexity index is 1020. The van der Waals surface area contributed by atoms with E-state index in [0.717, 1.165) is 6.26 Å². The maximum atomic E-state index is 13.4. The number of halogens is 2. The molecule has 0 saturated carbocycles. The van der Waals surface area contributed by atoms with Crippen molar-refractivity contribution in [2.75, 3.05) is 18.7 Å². The first-order chi connectivity index (χ1) is 14.0. The summed E-state index contributed by atoms with van der Waals surface area (Å²) < 4.78 is 46.6. The van der Waals surface area contributed by atoms with Crippen molar-refractivity contribution in [1.82, 2.24) is 4.90 Å². The van der Waals surface area contributed by atoms with Gasteiger partial charge in [0.2, 0.25) is 0 Å². The largest absolute Gasteiger partial charge is 0.493 e. The zero-order valence-electron chi connectivity index (χ0n) is 17.1. The molecule has 0 radical (unpaired) electrons. The normalized spacial score (nSPS) is 12.2. The summed E-state index contributed by atoms with van der Waals surface area (Å²) in [5, 5.41) is 2.61. The van der Waals surface area contributed by atoms with Crippen molar-refractivity contribution < 1.29 is 26.5 Å². The number of amides is 2. The van der Waals surface area contributed by atoms with Crippen LogP contribution in [0.1, 0.15) is 25.8 Å². The number of urea groups is 1. The number of carbonyl (C=O) groups is 1. The minimum absolute atomic E-state index is 0.0346. The Kier molecular flexibility index (Phi) is 7.91. The van der Waals surface area contributed by atoms with Gasteiger partial charge in [0.1, 0.15) is 5.82 Å². The highest BCUT2D eigenvalue weighted by molar-refractivity contribution is 7.86. The van der Waals surface area contributed by atoms with Crippen LogP contribution in [0.2, 0.25) is 5.02 Å². The van der Waals surface area contributed by atoms with Crippen LogP contribution < -0.4 is 14.2 Å². The molecule has 0 aliphatic rings. The van der Waals surface area contributed by atoms with Crippen LogP contribution >= 0.6 is 11.6 Å². The molecule has 0 spiro atoms. The molecule has 30 heavy (non-hydrogen) atoms. The van der Waals surface area contributed by atoms with Crippen LogP contribution in [0, 0.1) is 5.82 Å². The van der Waals surface area contributed by atoms with E-state index >= 15 is 0 Å². The van der Waals surface area contributed by atoms with Gasteiger partial charge in [0, 0.05) is 18.3 Å². The highest BCUT2D eigenvalue weighted by Crippen LogP contribution is 2.30. The van der Waals surface area contributed by atoms with E-state index in [-0.39, 0.29) is 29.1 Å². The molecule has 0 aliphatic heterocycles. The van der Waals surface area contributed by atoms with E-state index in [1.807, 2.05) is 13.8 Å². The highest BCUT2D eigenvalue weighted by atomic mass is 35.5. The van der Waals surface area contributed by atoms with Gasteiger partial charge in [-0.1, -0.05) is 24.6 Å². The molecule has 2 aromatic rings. The van der Waals surface area contributed by atoms with Crippen molar-refractivity contribution in [3.05, 3.63) is 52.8 Å². The first-order valence-electron chi connectivity index (χ1n) is 9.13. The molecule has 7 nitrogen and oxygen atoms in total. The molecule has 0 fully saturated rings. The predicted molar refractivity (Wildman–Crippen MR) is 114 cm³/mol. The number of methoxy groups -OCH3 is 1. The van der Waals surface area contributed by atoms with Crippen LogP contribution in [-0.4, -0.2) is 38.8 Å². The van der Waals surface area contributed by atoms with Gasteiger partial charge in [-0.2, -0.15) is 8.42 Å². The van der Waals surface area contributed by atoms with Crippen molar-refractivity contribution >= 4 is 33.4 Å². The van der Waals surface area contributed by atoms with E-state index < -0.39 is 22.0 Å². The third-order valence-corrected chi connectivity index (χ3v) is 5.15. The second-order valence-electron chi connectivity index (χ2n) is 6.72. The summed E-state index contributed by atoms with van der Waals surface area (Å²) in [7, 11) is -2.36. The highest BCUT2D eigenvalue weighted by Gasteiger charge is 2.21. The topological polar surface area (TPSA) is 84.9 Å². The molecule has 0 heterocycles. The lowest BCUT2D eigenvalue weighted by molar-refractivity contribution is 0.187. The van der Waals surface area contributed by atoms with Gasteiger partial charge in [0.15, 0.2) is 11.5 Å². The summed E-state index contributed by atoms with van der Waals surface area (Å²) in [6.07, 6.45) is 1.62. The Hall–Kier alpha value is -2.52. The van der Waals surface area contributed by atoms with Gasteiger partial charge >= 0.3 is 16.1 Å². The summed E-state index contributed by atoms with van der Waals surface area (Å²) in [6.45, 7) is 4.00. The summed E-state index contributed by atoms with van der Waals surface area (Å²) in [5.41, 5.74) is 0.998. The van der Waals surface area contributed by atoms with E-state index in [1.165, 1.54) is 31.4 Å². The van der Waals surface area contributed by atoms with Crippen LogP contribution in [0.3, 0.4) is 0 Å². The summed E-state index contributed by atoms with van der Waals surface area (Å²) in [4.78, 5) is 14.4. The van der Waals surface area contributed by atoms with Crippen LogP contribution in [-0.2, 0) is 16.7 Å². The minimum atomic E-state index is -3.76. The smallest absolute Gasteiger partial charge is 0.322 e. The van der Waals surface area contributed by atoms with Gasteiger partial charge in [-0.25, -0.2) is 9.18 Å². The molecule has 1 atom stereocenters. The molecule has 1 unspecified atom stereocenters. The Labute approximate surface area is 180 Å². The lowest BCUT2D eigenvalue weighted by atomic mass is 10.1. The molecule has 0 aliphatic carbocycles.